The molecule has 0 spiro atoms. The van der Waals surface area contributed by atoms with E-state index in [-0.39, 0.29) is 11.8 Å². The molecule has 0 radical (unpaired) electrons. The van der Waals surface area contributed by atoms with Crippen LogP contribution in [0, 0.1) is 19.8 Å². The van der Waals surface area contributed by atoms with Crippen LogP contribution in [0.4, 0.5) is 5.82 Å². The van der Waals surface area contributed by atoms with Gasteiger partial charge in [-0.05, 0) is 19.8 Å². The molecule has 86 valence electrons. The summed E-state index contributed by atoms with van der Waals surface area (Å²) in [7, 11) is 0. The molecule has 1 aromatic rings. The first-order chi connectivity index (χ1) is 7.60. The molecule has 5 heteroatoms. The van der Waals surface area contributed by atoms with E-state index in [1.54, 1.807) is 4.90 Å². The van der Waals surface area contributed by atoms with E-state index in [0.717, 1.165) is 5.69 Å². The van der Waals surface area contributed by atoms with Gasteiger partial charge in [0.2, 0.25) is 5.91 Å². The van der Waals surface area contributed by atoms with Gasteiger partial charge in [-0.2, -0.15) is 0 Å². The molecule has 1 amide bonds. The van der Waals surface area contributed by atoms with Crippen molar-refractivity contribution in [3.63, 3.8) is 0 Å². The molecule has 0 aromatic carbocycles. The fourth-order valence-corrected chi connectivity index (χ4v) is 2.15. The predicted octanol–water partition coefficient (Wildman–Crippen LogP) is 1.69. The normalized spacial score (nSPS) is 20.6. The summed E-state index contributed by atoms with van der Waals surface area (Å²) < 4.78 is 0. The maximum atomic E-state index is 11.8. The van der Waals surface area contributed by atoms with Crippen LogP contribution in [0.5, 0.6) is 0 Å². The number of carbonyl (C=O) groups is 1. The van der Waals surface area contributed by atoms with Crippen molar-refractivity contribution in [3.05, 3.63) is 17.6 Å². The number of hydrogen-bond acceptors (Lipinski definition) is 3. The molecule has 0 saturated carbocycles. The van der Waals surface area contributed by atoms with Crippen LogP contribution >= 0.6 is 11.6 Å². The van der Waals surface area contributed by atoms with Crippen molar-refractivity contribution in [2.75, 3.05) is 17.3 Å². The van der Waals surface area contributed by atoms with E-state index in [4.69, 9.17) is 11.6 Å². The Morgan fingerprint density at radius 2 is 2.25 bits per heavy atom. The van der Waals surface area contributed by atoms with Crippen molar-refractivity contribution in [3.8, 4) is 0 Å². The first kappa shape index (κ1) is 11.3. The number of nitrogens with zero attached hydrogens (tertiary/aromatic N) is 3. The zero-order valence-electron chi connectivity index (χ0n) is 9.40. The molecular formula is C11H14ClN3O. The molecule has 2 rings (SSSR count). The lowest BCUT2D eigenvalue weighted by molar-refractivity contribution is -0.117. The Bertz CT molecular complexity index is 401. The largest absolute Gasteiger partial charge is 0.296 e. The molecule has 0 aliphatic carbocycles. The molecule has 1 saturated heterocycles. The summed E-state index contributed by atoms with van der Waals surface area (Å²) in [5.74, 6) is 2.25. The van der Waals surface area contributed by atoms with E-state index in [0.29, 0.717) is 30.5 Å². The third kappa shape index (κ3) is 2.16. The number of alkyl halides is 1. The summed E-state index contributed by atoms with van der Waals surface area (Å²) in [4.78, 5) is 22.0. The smallest absolute Gasteiger partial charge is 0.228 e. The molecule has 0 N–H and O–H groups in total. The molecule has 0 bridgehead atoms. The number of rotatable bonds is 2. The fraction of sp³-hybridized carbons (Fsp3) is 0.545. The molecule has 1 unspecified atom stereocenters. The number of anilines is 1. The van der Waals surface area contributed by atoms with Gasteiger partial charge >= 0.3 is 0 Å². The van der Waals surface area contributed by atoms with Crippen molar-refractivity contribution in [2.45, 2.75) is 20.3 Å². The van der Waals surface area contributed by atoms with Crippen LogP contribution < -0.4 is 4.90 Å². The molecule has 1 aromatic heterocycles. The quantitative estimate of drug-likeness (QED) is 0.738. The summed E-state index contributed by atoms with van der Waals surface area (Å²) in [6.07, 6.45) is 0.519. The second kappa shape index (κ2) is 4.37. The zero-order valence-corrected chi connectivity index (χ0v) is 10.2. The Morgan fingerprint density at radius 1 is 1.50 bits per heavy atom. The number of amides is 1. The van der Waals surface area contributed by atoms with E-state index in [9.17, 15) is 4.79 Å². The fourth-order valence-electron chi connectivity index (χ4n) is 1.94. The summed E-state index contributed by atoms with van der Waals surface area (Å²) in [5, 5.41) is 0. The van der Waals surface area contributed by atoms with E-state index >= 15 is 0 Å². The lowest BCUT2D eigenvalue weighted by atomic mass is 10.1. The summed E-state index contributed by atoms with van der Waals surface area (Å²) in [6.45, 7) is 4.39. The summed E-state index contributed by atoms with van der Waals surface area (Å²) in [6, 6.07) is 1.83. The van der Waals surface area contributed by atoms with E-state index in [2.05, 4.69) is 9.97 Å². The topological polar surface area (TPSA) is 46.1 Å². The summed E-state index contributed by atoms with van der Waals surface area (Å²) >= 11 is 5.78. The van der Waals surface area contributed by atoms with E-state index < -0.39 is 0 Å². The average Bonchev–Trinajstić information content (AvgIpc) is 2.58. The van der Waals surface area contributed by atoms with Gasteiger partial charge in [0.1, 0.15) is 11.6 Å². The van der Waals surface area contributed by atoms with Crippen molar-refractivity contribution < 1.29 is 4.79 Å². The average molecular weight is 240 g/mol. The highest BCUT2D eigenvalue weighted by atomic mass is 35.5. The molecule has 4 nitrogen and oxygen atoms in total. The molecule has 1 atom stereocenters. The number of aromatic nitrogens is 2. The van der Waals surface area contributed by atoms with Crippen molar-refractivity contribution in [2.24, 2.45) is 5.92 Å². The van der Waals surface area contributed by atoms with E-state index in [1.165, 1.54) is 0 Å². The Morgan fingerprint density at radius 3 is 2.81 bits per heavy atom. The third-order valence-corrected chi connectivity index (χ3v) is 3.09. The Kier molecular flexibility index (Phi) is 3.10. The lowest BCUT2D eigenvalue weighted by Gasteiger charge is -2.15. The van der Waals surface area contributed by atoms with Gasteiger partial charge in [0.15, 0.2) is 0 Å². The standard InChI is InChI=1S/C11H14ClN3O/c1-7-3-10(14-8(2)13-7)15-6-9(5-12)4-11(15)16/h3,9H,4-6H2,1-2H3. The Hall–Kier alpha value is -1.16. The minimum absolute atomic E-state index is 0.100. The van der Waals surface area contributed by atoms with Crippen LogP contribution in [-0.2, 0) is 4.79 Å². The third-order valence-electron chi connectivity index (χ3n) is 2.65. The van der Waals surface area contributed by atoms with Gasteiger partial charge in [-0.25, -0.2) is 9.97 Å². The number of halogens is 1. The van der Waals surface area contributed by atoms with Gasteiger partial charge in [-0.3, -0.25) is 9.69 Å². The zero-order chi connectivity index (χ0) is 11.7. The highest BCUT2D eigenvalue weighted by Gasteiger charge is 2.30. The Balaban J connectivity index is 2.27. The van der Waals surface area contributed by atoms with Gasteiger partial charge in [-0.1, -0.05) is 0 Å². The van der Waals surface area contributed by atoms with Crippen LogP contribution in [0.1, 0.15) is 17.9 Å². The number of aryl methyl sites for hydroxylation is 2. The van der Waals surface area contributed by atoms with Gasteiger partial charge in [0, 0.05) is 30.6 Å². The lowest BCUT2D eigenvalue weighted by Crippen LogP contribution is -2.26. The van der Waals surface area contributed by atoms with Crippen LogP contribution in [0.15, 0.2) is 6.07 Å². The Labute approximate surface area is 99.6 Å². The first-order valence-electron chi connectivity index (χ1n) is 5.28. The van der Waals surface area contributed by atoms with Gasteiger partial charge in [0.25, 0.3) is 0 Å². The summed E-state index contributed by atoms with van der Waals surface area (Å²) in [5.41, 5.74) is 0.879. The molecule has 1 aliphatic rings. The molecular weight excluding hydrogens is 226 g/mol. The molecule has 16 heavy (non-hydrogen) atoms. The SMILES string of the molecule is Cc1cc(N2CC(CCl)CC2=O)nc(C)n1. The second-order valence-electron chi connectivity index (χ2n) is 4.14. The molecule has 1 fully saturated rings. The maximum absolute atomic E-state index is 11.8. The van der Waals surface area contributed by atoms with Crippen molar-refractivity contribution in [1.82, 2.24) is 9.97 Å². The minimum Gasteiger partial charge on any atom is -0.296 e. The number of hydrogen-bond donors (Lipinski definition) is 0. The molecule has 1 aliphatic heterocycles. The van der Waals surface area contributed by atoms with Gasteiger partial charge in [0.05, 0.1) is 0 Å². The predicted molar refractivity (Wildman–Crippen MR) is 62.7 cm³/mol. The number of carbonyl (C=O) groups excluding carboxylic acids is 1. The highest BCUT2D eigenvalue weighted by molar-refractivity contribution is 6.18. The second-order valence-corrected chi connectivity index (χ2v) is 4.45. The monoisotopic (exact) mass is 239 g/mol. The van der Waals surface area contributed by atoms with Crippen LogP contribution in [0.25, 0.3) is 0 Å². The van der Waals surface area contributed by atoms with Crippen LogP contribution in [0.3, 0.4) is 0 Å². The van der Waals surface area contributed by atoms with Crippen molar-refractivity contribution in [1.29, 1.82) is 0 Å². The minimum atomic E-state index is 0.100. The van der Waals surface area contributed by atoms with Crippen LogP contribution in [-0.4, -0.2) is 28.3 Å². The molecule has 2 heterocycles. The highest BCUT2D eigenvalue weighted by Crippen LogP contribution is 2.24. The van der Waals surface area contributed by atoms with E-state index in [1.807, 2.05) is 19.9 Å². The maximum Gasteiger partial charge on any atom is 0.228 e. The van der Waals surface area contributed by atoms with Gasteiger partial charge < -0.3 is 0 Å². The van der Waals surface area contributed by atoms with Crippen LogP contribution in [0.2, 0.25) is 0 Å². The first-order valence-corrected chi connectivity index (χ1v) is 5.82. The van der Waals surface area contributed by atoms with Gasteiger partial charge in [-0.15, -0.1) is 11.6 Å². The van der Waals surface area contributed by atoms with Crippen molar-refractivity contribution >= 4 is 23.3 Å².